The zero-order chi connectivity index (χ0) is 7.83. The molecule has 0 aromatic heterocycles. The Kier molecular flexibility index (Phi) is 1.80. The number of hydrogen-bond acceptors (Lipinski definition) is 2. The molecular formula is C4H12B2N2O2. The van der Waals surface area contributed by atoms with Gasteiger partial charge >= 0.3 is 15.1 Å². The molecule has 1 rings (SSSR count). The molecule has 4 nitrogen and oxygen atoms in total. The molecule has 10 heavy (non-hydrogen) atoms. The third kappa shape index (κ3) is 1.20. The normalized spacial score (nSPS) is 46.8. The fourth-order valence-corrected chi connectivity index (χ4v) is 1.09. The Hall–Kier alpha value is -0.0301. The van der Waals surface area contributed by atoms with Crippen molar-refractivity contribution in [1.82, 2.24) is 0 Å². The van der Waals surface area contributed by atoms with Crippen molar-refractivity contribution in [2.45, 2.75) is 0 Å². The SMILES string of the molecule is CO[N+]1(C)[B-][N+](C)(OC)[B-]1. The second kappa shape index (κ2) is 2.23. The molecule has 0 atom stereocenters. The van der Waals surface area contributed by atoms with Gasteiger partial charge < -0.3 is 18.6 Å². The lowest BCUT2D eigenvalue weighted by Crippen LogP contribution is -2.80. The molecule has 0 amide bonds. The zero-order valence-electron chi connectivity index (χ0n) is 6.87. The van der Waals surface area contributed by atoms with Gasteiger partial charge in [-0.25, -0.2) is 0 Å². The maximum atomic E-state index is 5.10. The van der Waals surface area contributed by atoms with Crippen molar-refractivity contribution < 1.29 is 18.6 Å². The van der Waals surface area contributed by atoms with E-state index in [9.17, 15) is 0 Å². The molecule has 1 aliphatic rings. The number of rotatable bonds is 2. The summed E-state index contributed by atoms with van der Waals surface area (Å²) in [5.41, 5.74) is 0. The number of hydroxylamine groups is 2. The fourth-order valence-electron chi connectivity index (χ4n) is 1.09. The highest BCUT2D eigenvalue weighted by atomic mass is 16.8. The van der Waals surface area contributed by atoms with Gasteiger partial charge in [-0.1, -0.05) is 0 Å². The predicted octanol–water partition coefficient (Wildman–Crippen LogP) is -0.916. The standard InChI is InChI=1S/C4H12B2N2O2/c1-7(9-3)5-8(2,6-7)10-4/h1-4H3. The summed E-state index contributed by atoms with van der Waals surface area (Å²) < 4.78 is 0.786. The Morgan fingerprint density at radius 3 is 1.40 bits per heavy atom. The highest BCUT2D eigenvalue weighted by molar-refractivity contribution is 6.45. The number of hydrogen-bond donors (Lipinski definition) is 0. The lowest BCUT2D eigenvalue weighted by Gasteiger charge is -2.71. The van der Waals surface area contributed by atoms with Crippen LogP contribution in [0.25, 0.3) is 0 Å². The van der Waals surface area contributed by atoms with Crippen LogP contribution in [0.15, 0.2) is 0 Å². The third-order valence-electron chi connectivity index (χ3n) is 1.70. The topological polar surface area (TPSA) is 18.5 Å². The number of quaternary nitrogens is 2. The first-order chi connectivity index (χ1) is 4.54. The first-order valence-electron chi connectivity index (χ1n) is 3.11. The van der Waals surface area contributed by atoms with E-state index in [-0.39, 0.29) is 0 Å². The van der Waals surface area contributed by atoms with E-state index in [0.717, 1.165) is 0 Å². The Morgan fingerprint density at radius 1 is 0.900 bits per heavy atom. The van der Waals surface area contributed by atoms with Crippen LogP contribution >= 0.6 is 0 Å². The van der Waals surface area contributed by atoms with Gasteiger partial charge in [-0.2, -0.15) is 0 Å². The second-order valence-corrected chi connectivity index (χ2v) is 2.71. The van der Waals surface area contributed by atoms with Gasteiger partial charge in [-0.05, 0) is 0 Å². The highest BCUT2D eigenvalue weighted by Crippen LogP contribution is 2.19. The van der Waals surface area contributed by atoms with Gasteiger partial charge in [-0.15, -0.1) is 0 Å². The van der Waals surface area contributed by atoms with Crippen LogP contribution in [-0.4, -0.2) is 52.4 Å². The van der Waals surface area contributed by atoms with E-state index < -0.39 is 0 Å². The molecule has 0 aromatic carbocycles. The quantitative estimate of drug-likeness (QED) is 0.464. The Labute approximate surface area is 63.0 Å². The lowest BCUT2D eigenvalue weighted by atomic mass is 9.73. The van der Waals surface area contributed by atoms with Crippen LogP contribution in [0.2, 0.25) is 0 Å². The molecule has 0 unspecified atom stereocenters. The molecule has 0 aromatic rings. The number of nitrogens with zero attached hydrogens (tertiary/aromatic N) is 2. The largest absolute Gasteiger partial charge is 0.537 e. The van der Waals surface area contributed by atoms with Crippen LogP contribution in [0, 0.1) is 0 Å². The molecule has 0 N–H and O–H groups in total. The lowest BCUT2D eigenvalue weighted by molar-refractivity contribution is -1.10. The summed E-state index contributed by atoms with van der Waals surface area (Å²) in [7, 11) is 11.0. The molecular weight excluding hydrogens is 130 g/mol. The van der Waals surface area contributed by atoms with Crippen molar-refractivity contribution in [3.05, 3.63) is 0 Å². The smallest absolute Gasteiger partial charge is 0.311 e. The summed E-state index contributed by atoms with van der Waals surface area (Å²) in [6.45, 7) is 0. The molecule has 1 fully saturated rings. The van der Waals surface area contributed by atoms with E-state index in [4.69, 9.17) is 9.68 Å². The van der Waals surface area contributed by atoms with Crippen molar-refractivity contribution in [3.63, 3.8) is 0 Å². The van der Waals surface area contributed by atoms with Crippen molar-refractivity contribution >= 4 is 15.1 Å². The van der Waals surface area contributed by atoms with Crippen molar-refractivity contribution in [1.29, 1.82) is 0 Å². The van der Waals surface area contributed by atoms with Crippen molar-refractivity contribution in [2.75, 3.05) is 28.3 Å². The summed E-state index contributed by atoms with van der Waals surface area (Å²) in [4.78, 5) is 10.2. The van der Waals surface area contributed by atoms with Crippen LogP contribution in [0.5, 0.6) is 0 Å². The summed E-state index contributed by atoms with van der Waals surface area (Å²) in [6, 6.07) is 0. The van der Waals surface area contributed by atoms with Gasteiger partial charge in [0, 0.05) is 14.1 Å². The summed E-state index contributed by atoms with van der Waals surface area (Å²) in [5.74, 6) is 0. The monoisotopic (exact) mass is 142 g/mol. The van der Waals surface area contributed by atoms with Crippen LogP contribution < -0.4 is 0 Å². The van der Waals surface area contributed by atoms with Crippen molar-refractivity contribution in [3.8, 4) is 0 Å². The van der Waals surface area contributed by atoms with Gasteiger partial charge in [0.2, 0.25) is 0 Å². The minimum atomic E-state index is 0.393. The summed E-state index contributed by atoms with van der Waals surface area (Å²) >= 11 is 0. The molecule has 6 heteroatoms. The minimum Gasteiger partial charge on any atom is -0.537 e. The van der Waals surface area contributed by atoms with E-state index in [0.29, 0.717) is 8.94 Å². The molecule has 1 aliphatic heterocycles. The zero-order valence-corrected chi connectivity index (χ0v) is 6.87. The van der Waals surface area contributed by atoms with Gasteiger partial charge in [0.25, 0.3) is 0 Å². The molecule has 0 bridgehead atoms. The van der Waals surface area contributed by atoms with Gasteiger partial charge in [0.1, 0.15) is 0 Å². The molecule has 1 heterocycles. The van der Waals surface area contributed by atoms with Crippen LogP contribution in [0.4, 0.5) is 0 Å². The van der Waals surface area contributed by atoms with Gasteiger partial charge in [0.15, 0.2) is 0 Å². The van der Waals surface area contributed by atoms with E-state index in [1.807, 2.05) is 29.2 Å². The van der Waals surface area contributed by atoms with E-state index >= 15 is 0 Å². The first-order valence-corrected chi connectivity index (χ1v) is 3.11. The average molecular weight is 142 g/mol. The average Bonchev–Trinajstić information content (AvgIpc) is 1.85. The highest BCUT2D eigenvalue weighted by Gasteiger charge is 2.34. The van der Waals surface area contributed by atoms with Crippen LogP contribution in [0.3, 0.4) is 0 Å². The first kappa shape index (κ1) is 8.07. The Bertz CT molecular complexity index is 123. The molecule has 0 saturated carbocycles. The Balaban J connectivity index is 2.42. The summed E-state index contributed by atoms with van der Waals surface area (Å²) in [5, 5.41) is 0. The molecule has 4 radical (unpaired) electrons. The van der Waals surface area contributed by atoms with Gasteiger partial charge in [0.05, 0.1) is 14.2 Å². The predicted molar refractivity (Wildman–Crippen MR) is 37.9 cm³/mol. The van der Waals surface area contributed by atoms with Crippen molar-refractivity contribution in [2.24, 2.45) is 0 Å². The molecule has 0 aliphatic carbocycles. The van der Waals surface area contributed by atoms with E-state index in [1.54, 1.807) is 14.2 Å². The van der Waals surface area contributed by atoms with E-state index in [2.05, 4.69) is 0 Å². The molecule has 0 spiro atoms. The maximum Gasteiger partial charge on any atom is 0.311 e. The summed E-state index contributed by atoms with van der Waals surface area (Å²) in [6.07, 6.45) is 0. The third-order valence-corrected chi connectivity index (χ3v) is 1.70. The maximum absolute atomic E-state index is 5.10. The molecule has 1 saturated heterocycles. The van der Waals surface area contributed by atoms with E-state index in [1.165, 1.54) is 0 Å². The van der Waals surface area contributed by atoms with Crippen LogP contribution in [0.1, 0.15) is 0 Å². The fraction of sp³-hybridized carbons (Fsp3) is 1.00. The minimum absolute atomic E-state index is 0.393. The Morgan fingerprint density at radius 2 is 1.20 bits per heavy atom. The van der Waals surface area contributed by atoms with Crippen LogP contribution in [-0.2, 0) is 9.68 Å². The molecule has 56 valence electrons. The second-order valence-electron chi connectivity index (χ2n) is 2.71. The van der Waals surface area contributed by atoms with Gasteiger partial charge in [-0.3, -0.25) is 0 Å².